The number of rotatable bonds is 5. The fourth-order valence-electron chi connectivity index (χ4n) is 2.85. The summed E-state index contributed by atoms with van der Waals surface area (Å²) in [7, 11) is 0.942. The summed E-state index contributed by atoms with van der Waals surface area (Å²) in [6.07, 6.45) is 5.60. The number of nitrogens with zero attached hydrogens (tertiary/aromatic N) is 2. The molecule has 1 aromatic heterocycles. The standard InChI is InChI=1S/C16H25FN4OS/c1-3-23(22)13-7-4-6-12(10-13)21-16(18-2)20-11-15-14(17)8-5-9-19-15/h5,8-9,12-13H,3-4,6-7,10-11H2,1-2H3,(H2,18,20,21). The minimum absolute atomic E-state index is 0.254. The molecule has 2 N–H and O–H groups in total. The van der Waals surface area contributed by atoms with Crippen molar-refractivity contribution in [3.05, 3.63) is 29.8 Å². The topological polar surface area (TPSA) is 66.4 Å². The zero-order chi connectivity index (χ0) is 16.7. The molecule has 5 nitrogen and oxygen atoms in total. The van der Waals surface area contributed by atoms with Crippen LogP contribution in [0.4, 0.5) is 4.39 Å². The lowest BCUT2D eigenvalue weighted by Crippen LogP contribution is -2.46. The van der Waals surface area contributed by atoms with E-state index in [4.69, 9.17) is 0 Å². The molecule has 1 fully saturated rings. The summed E-state index contributed by atoms with van der Waals surface area (Å²) in [4.78, 5) is 8.20. The second kappa shape index (κ2) is 8.96. The van der Waals surface area contributed by atoms with Crippen LogP contribution < -0.4 is 10.6 Å². The van der Waals surface area contributed by atoms with Gasteiger partial charge in [0, 0.05) is 41.1 Å². The molecule has 2 rings (SSSR count). The second-order valence-electron chi connectivity index (χ2n) is 5.66. The van der Waals surface area contributed by atoms with E-state index < -0.39 is 10.8 Å². The Kier molecular flexibility index (Phi) is 6.95. The molecule has 1 aromatic rings. The molecule has 1 aliphatic carbocycles. The number of halogens is 1. The molecular weight excluding hydrogens is 315 g/mol. The van der Waals surface area contributed by atoms with Gasteiger partial charge in [-0.05, 0) is 31.4 Å². The van der Waals surface area contributed by atoms with Crippen LogP contribution in [0.1, 0.15) is 38.3 Å². The van der Waals surface area contributed by atoms with E-state index in [1.54, 1.807) is 19.3 Å². The third kappa shape index (κ3) is 5.27. The van der Waals surface area contributed by atoms with Crippen LogP contribution in [0.2, 0.25) is 0 Å². The quantitative estimate of drug-likeness (QED) is 0.635. The molecule has 0 bridgehead atoms. The number of nitrogens with one attached hydrogen (secondary N) is 2. The van der Waals surface area contributed by atoms with Crippen LogP contribution in [-0.4, -0.2) is 39.2 Å². The van der Waals surface area contributed by atoms with Crippen LogP contribution in [-0.2, 0) is 17.3 Å². The van der Waals surface area contributed by atoms with Gasteiger partial charge in [-0.25, -0.2) is 4.39 Å². The minimum Gasteiger partial charge on any atom is -0.354 e. The molecule has 128 valence electrons. The van der Waals surface area contributed by atoms with Gasteiger partial charge < -0.3 is 10.6 Å². The van der Waals surface area contributed by atoms with E-state index in [0.717, 1.165) is 25.7 Å². The van der Waals surface area contributed by atoms with Crippen LogP contribution in [0.15, 0.2) is 23.3 Å². The Bertz CT molecular complexity index is 567. The van der Waals surface area contributed by atoms with Crippen molar-refractivity contribution in [2.45, 2.75) is 50.4 Å². The van der Waals surface area contributed by atoms with Gasteiger partial charge in [0.15, 0.2) is 5.96 Å². The first kappa shape index (κ1) is 17.8. The van der Waals surface area contributed by atoms with Crippen molar-refractivity contribution in [2.24, 2.45) is 4.99 Å². The van der Waals surface area contributed by atoms with Gasteiger partial charge in [-0.3, -0.25) is 14.2 Å². The van der Waals surface area contributed by atoms with Crippen molar-refractivity contribution >= 4 is 16.8 Å². The molecule has 3 atom stereocenters. The molecule has 0 aromatic carbocycles. The molecule has 0 aliphatic heterocycles. The number of guanidine groups is 1. The lowest BCUT2D eigenvalue weighted by atomic mass is 9.95. The first-order chi connectivity index (χ1) is 11.1. The normalized spacial score (nSPS) is 23.3. The Balaban J connectivity index is 1.87. The van der Waals surface area contributed by atoms with Crippen LogP contribution in [0.3, 0.4) is 0 Å². The SMILES string of the molecule is CCS(=O)C1CCCC(NC(=NC)NCc2ncccc2F)C1. The van der Waals surface area contributed by atoms with E-state index in [1.807, 2.05) is 6.92 Å². The molecular formula is C16H25FN4OS. The molecule has 1 aliphatic rings. The van der Waals surface area contributed by atoms with Crippen molar-refractivity contribution in [1.29, 1.82) is 0 Å². The molecule has 0 radical (unpaired) electrons. The van der Waals surface area contributed by atoms with Crippen LogP contribution >= 0.6 is 0 Å². The highest BCUT2D eigenvalue weighted by molar-refractivity contribution is 7.85. The Labute approximate surface area is 139 Å². The van der Waals surface area contributed by atoms with Gasteiger partial charge in [0.2, 0.25) is 0 Å². The summed E-state index contributed by atoms with van der Waals surface area (Å²) < 4.78 is 25.6. The maximum absolute atomic E-state index is 13.6. The van der Waals surface area contributed by atoms with Crippen molar-refractivity contribution in [2.75, 3.05) is 12.8 Å². The molecule has 0 spiro atoms. The molecule has 23 heavy (non-hydrogen) atoms. The Morgan fingerprint density at radius 1 is 1.52 bits per heavy atom. The average Bonchev–Trinajstić information content (AvgIpc) is 2.59. The third-order valence-corrected chi connectivity index (χ3v) is 5.85. The van der Waals surface area contributed by atoms with Crippen LogP contribution in [0, 0.1) is 5.82 Å². The van der Waals surface area contributed by atoms with Crippen molar-refractivity contribution < 1.29 is 8.60 Å². The van der Waals surface area contributed by atoms with E-state index in [9.17, 15) is 8.60 Å². The largest absolute Gasteiger partial charge is 0.354 e. The minimum atomic E-state index is -0.747. The highest BCUT2D eigenvalue weighted by atomic mass is 32.2. The zero-order valence-electron chi connectivity index (χ0n) is 13.7. The number of pyridine rings is 1. The summed E-state index contributed by atoms with van der Waals surface area (Å²) in [6, 6.07) is 3.22. The maximum Gasteiger partial charge on any atom is 0.191 e. The first-order valence-corrected chi connectivity index (χ1v) is 9.46. The summed E-state index contributed by atoms with van der Waals surface area (Å²) in [5, 5.41) is 6.71. The lowest BCUT2D eigenvalue weighted by molar-refractivity contribution is 0.413. The molecule has 3 unspecified atom stereocenters. The lowest BCUT2D eigenvalue weighted by Gasteiger charge is -2.30. The van der Waals surface area contributed by atoms with E-state index in [1.165, 1.54) is 6.07 Å². The van der Waals surface area contributed by atoms with E-state index in [2.05, 4.69) is 20.6 Å². The summed E-state index contributed by atoms with van der Waals surface area (Å²) >= 11 is 0. The maximum atomic E-state index is 13.6. The van der Waals surface area contributed by atoms with Crippen molar-refractivity contribution in [1.82, 2.24) is 15.6 Å². The van der Waals surface area contributed by atoms with E-state index in [-0.39, 0.29) is 23.7 Å². The summed E-state index contributed by atoms with van der Waals surface area (Å²) in [5.74, 6) is 1.01. The van der Waals surface area contributed by atoms with Crippen molar-refractivity contribution in [3.8, 4) is 0 Å². The Hall–Kier alpha value is -1.50. The third-order valence-electron chi connectivity index (χ3n) is 4.10. The number of aromatic nitrogens is 1. The monoisotopic (exact) mass is 340 g/mol. The van der Waals surface area contributed by atoms with E-state index >= 15 is 0 Å². The van der Waals surface area contributed by atoms with Gasteiger partial charge in [-0.15, -0.1) is 0 Å². The second-order valence-corrected chi connectivity index (χ2v) is 7.66. The van der Waals surface area contributed by atoms with Crippen LogP contribution in [0.25, 0.3) is 0 Å². The average molecular weight is 340 g/mol. The molecule has 1 saturated carbocycles. The highest BCUT2D eigenvalue weighted by Gasteiger charge is 2.26. The predicted octanol–water partition coefficient (Wildman–Crippen LogP) is 1.97. The first-order valence-electron chi connectivity index (χ1n) is 8.07. The Morgan fingerprint density at radius 3 is 3.04 bits per heavy atom. The molecule has 7 heteroatoms. The van der Waals surface area contributed by atoms with Gasteiger partial charge in [0.1, 0.15) is 5.82 Å². The molecule has 0 saturated heterocycles. The van der Waals surface area contributed by atoms with Gasteiger partial charge in [0.25, 0.3) is 0 Å². The predicted molar refractivity (Wildman–Crippen MR) is 92.3 cm³/mol. The highest BCUT2D eigenvalue weighted by Crippen LogP contribution is 2.22. The van der Waals surface area contributed by atoms with Gasteiger partial charge in [-0.2, -0.15) is 0 Å². The fraction of sp³-hybridized carbons (Fsp3) is 0.625. The number of hydrogen-bond acceptors (Lipinski definition) is 3. The van der Waals surface area contributed by atoms with Gasteiger partial charge >= 0.3 is 0 Å². The molecule has 0 amide bonds. The molecule has 1 heterocycles. The van der Waals surface area contributed by atoms with Gasteiger partial charge in [-0.1, -0.05) is 13.3 Å². The fourth-order valence-corrected chi connectivity index (χ4v) is 4.20. The van der Waals surface area contributed by atoms with Crippen molar-refractivity contribution in [3.63, 3.8) is 0 Å². The number of aliphatic imine (C=N–C) groups is 1. The van der Waals surface area contributed by atoms with Gasteiger partial charge in [0.05, 0.1) is 12.2 Å². The Morgan fingerprint density at radius 2 is 2.35 bits per heavy atom. The van der Waals surface area contributed by atoms with Crippen LogP contribution in [0.5, 0.6) is 0 Å². The van der Waals surface area contributed by atoms with E-state index in [0.29, 0.717) is 17.4 Å². The number of hydrogen-bond donors (Lipinski definition) is 2. The zero-order valence-corrected chi connectivity index (χ0v) is 14.5. The summed E-state index contributed by atoms with van der Waals surface area (Å²) in [5.41, 5.74) is 0.365. The smallest absolute Gasteiger partial charge is 0.191 e. The summed E-state index contributed by atoms with van der Waals surface area (Å²) in [6.45, 7) is 2.25.